The highest BCUT2D eigenvalue weighted by Gasteiger charge is 2.25. The molecule has 11 heavy (non-hydrogen) atoms. The lowest BCUT2D eigenvalue weighted by Gasteiger charge is -2.14. The van der Waals surface area contributed by atoms with Crippen LogP contribution in [0.15, 0.2) is 0 Å². The van der Waals surface area contributed by atoms with Gasteiger partial charge in [0.2, 0.25) is 0 Å². The van der Waals surface area contributed by atoms with Gasteiger partial charge in [-0.15, -0.1) is 0 Å². The van der Waals surface area contributed by atoms with Crippen LogP contribution < -0.4 is 5.32 Å². The first kappa shape index (κ1) is 8.55. The Morgan fingerprint density at radius 1 is 1.55 bits per heavy atom. The molecule has 0 aromatic heterocycles. The molecule has 0 saturated heterocycles. The van der Waals surface area contributed by atoms with E-state index in [9.17, 15) is 0 Å². The third-order valence-corrected chi connectivity index (χ3v) is 2.34. The Labute approximate surface area is 68.6 Å². The van der Waals surface area contributed by atoms with Gasteiger partial charge in [0.25, 0.3) is 0 Å². The summed E-state index contributed by atoms with van der Waals surface area (Å²) in [5.41, 5.74) is 0. The summed E-state index contributed by atoms with van der Waals surface area (Å²) >= 11 is 0. The first-order valence-electron chi connectivity index (χ1n) is 4.51. The summed E-state index contributed by atoms with van der Waals surface area (Å²) in [6.45, 7) is 3.21. The van der Waals surface area contributed by atoms with Gasteiger partial charge in [-0.1, -0.05) is 13.3 Å². The van der Waals surface area contributed by atoms with Crippen molar-refractivity contribution in [2.45, 2.75) is 38.6 Å². The molecule has 2 unspecified atom stereocenters. The van der Waals surface area contributed by atoms with Crippen LogP contribution in [-0.4, -0.2) is 12.6 Å². The van der Waals surface area contributed by atoms with Crippen LogP contribution in [-0.2, 0) is 0 Å². The molecule has 0 bridgehead atoms. The zero-order chi connectivity index (χ0) is 8.10. The van der Waals surface area contributed by atoms with Gasteiger partial charge < -0.3 is 5.32 Å². The van der Waals surface area contributed by atoms with E-state index >= 15 is 0 Å². The highest BCUT2D eigenvalue weighted by molar-refractivity contribution is 4.96. The van der Waals surface area contributed by atoms with Gasteiger partial charge in [-0.05, 0) is 25.8 Å². The number of nitrogens with zero attached hydrogens (tertiary/aromatic N) is 1. The fraction of sp³-hybridized carbons (Fsp3) is 0.889. The van der Waals surface area contributed by atoms with E-state index in [1.165, 1.54) is 12.8 Å². The van der Waals surface area contributed by atoms with Crippen molar-refractivity contribution in [3.8, 4) is 6.07 Å². The molecule has 0 heterocycles. The van der Waals surface area contributed by atoms with Crippen LogP contribution in [0, 0.1) is 17.2 Å². The van der Waals surface area contributed by atoms with E-state index in [1.54, 1.807) is 0 Å². The molecule has 1 saturated carbocycles. The summed E-state index contributed by atoms with van der Waals surface area (Å²) in [6, 6.07) is 2.85. The minimum absolute atomic E-state index is 0.279. The molecule has 2 nitrogen and oxygen atoms in total. The number of nitrogens with one attached hydrogen (secondary N) is 1. The fourth-order valence-electron chi connectivity index (χ4n) is 1.69. The van der Waals surface area contributed by atoms with Crippen molar-refractivity contribution in [2.24, 2.45) is 5.92 Å². The van der Waals surface area contributed by atoms with Crippen LogP contribution in [0.4, 0.5) is 0 Å². The van der Waals surface area contributed by atoms with Crippen LogP contribution in [0.2, 0.25) is 0 Å². The summed E-state index contributed by atoms with van der Waals surface area (Å²) in [5, 5.41) is 12.2. The molecule has 1 rings (SSSR count). The van der Waals surface area contributed by atoms with Gasteiger partial charge in [0.1, 0.15) is 0 Å². The van der Waals surface area contributed by atoms with Crippen molar-refractivity contribution in [1.82, 2.24) is 5.32 Å². The molecule has 0 radical (unpaired) electrons. The van der Waals surface area contributed by atoms with Crippen LogP contribution in [0.3, 0.4) is 0 Å². The van der Waals surface area contributed by atoms with E-state index in [0.29, 0.717) is 6.04 Å². The second-order valence-electron chi connectivity index (χ2n) is 3.23. The lowest BCUT2D eigenvalue weighted by atomic mass is 10.1. The Morgan fingerprint density at radius 2 is 2.36 bits per heavy atom. The van der Waals surface area contributed by atoms with E-state index in [4.69, 9.17) is 5.26 Å². The van der Waals surface area contributed by atoms with Gasteiger partial charge >= 0.3 is 0 Å². The Hall–Kier alpha value is -0.550. The van der Waals surface area contributed by atoms with Crippen molar-refractivity contribution in [3.05, 3.63) is 0 Å². The summed E-state index contributed by atoms with van der Waals surface area (Å²) in [6.07, 6.45) is 4.67. The van der Waals surface area contributed by atoms with Gasteiger partial charge in [0.05, 0.1) is 12.0 Å². The smallest absolute Gasteiger partial charge is 0.0672 e. The van der Waals surface area contributed by atoms with E-state index in [0.717, 1.165) is 19.4 Å². The van der Waals surface area contributed by atoms with Crippen LogP contribution in [0.1, 0.15) is 32.6 Å². The average molecular weight is 152 g/mol. The Balaban J connectivity index is 2.27. The predicted octanol–water partition coefficient (Wildman–Crippen LogP) is 1.68. The lowest BCUT2D eigenvalue weighted by molar-refractivity contribution is 0.466. The number of hydrogen-bond acceptors (Lipinski definition) is 2. The number of hydrogen-bond donors (Lipinski definition) is 1. The quantitative estimate of drug-likeness (QED) is 0.667. The fourth-order valence-corrected chi connectivity index (χ4v) is 1.69. The molecule has 0 amide bonds. The summed E-state index contributed by atoms with van der Waals surface area (Å²) in [5.74, 6) is 0.279. The summed E-state index contributed by atoms with van der Waals surface area (Å²) in [4.78, 5) is 0. The third kappa shape index (κ3) is 2.20. The normalized spacial score (nSPS) is 30.2. The zero-order valence-corrected chi connectivity index (χ0v) is 7.14. The van der Waals surface area contributed by atoms with Gasteiger partial charge in [-0.25, -0.2) is 0 Å². The lowest BCUT2D eigenvalue weighted by Crippen LogP contribution is -2.32. The van der Waals surface area contributed by atoms with Gasteiger partial charge in [0, 0.05) is 6.04 Å². The van der Waals surface area contributed by atoms with E-state index in [2.05, 4.69) is 18.3 Å². The van der Waals surface area contributed by atoms with Gasteiger partial charge in [0.15, 0.2) is 0 Å². The minimum Gasteiger partial charge on any atom is -0.313 e. The third-order valence-electron chi connectivity index (χ3n) is 2.34. The highest BCUT2D eigenvalue weighted by atomic mass is 14.9. The van der Waals surface area contributed by atoms with Gasteiger partial charge in [-0.2, -0.15) is 5.26 Å². The molecule has 0 spiro atoms. The van der Waals surface area contributed by atoms with Crippen molar-refractivity contribution in [1.29, 1.82) is 5.26 Å². The van der Waals surface area contributed by atoms with Crippen LogP contribution in [0.5, 0.6) is 0 Å². The molecule has 1 fully saturated rings. The van der Waals surface area contributed by atoms with E-state index < -0.39 is 0 Å². The van der Waals surface area contributed by atoms with Crippen molar-refractivity contribution < 1.29 is 0 Å². The van der Waals surface area contributed by atoms with Crippen LogP contribution >= 0.6 is 0 Å². The minimum atomic E-state index is 0.279. The maximum atomic E-state index is 8.75. The molecule has 0 aromatic carbocycles. The first-order chi connectivity index (χ1) is 5.38. The predicted molar refractivity (Wildman–Crippen MR) is 45.0 cm³/mol. The second-order valence-corrected chi connectivity index (χ2v) is 3.23. The number of nitriles is 1. The molecule has 1 aliphatic rings. The molecule has 0 aromatic rings. The largest absolute Gasteiger partial charge is 0.313 e. The second kappa shape index (κ2) is 4.35. The first-order valence-corrected chi connectivity index (χ1v) is 4.51. The molecular formula is C9H16N2. The Morgan fingerprint density at radius 3 is 3.00 bits per heavy atom. The Kier molecular flexibility index (Phi) is 3.38. The SMILES string of the molecule is CCCNC1CCCC1C#N. The molecule has 2 heteroatoms. The standard InChI is InChI=1S/C9H16N2/c1-2-6-11-9-5-3-4-8(9)7-10/h8-9,11H,2-6H2,1H3. The molecular weight excluding hydrogens is 136 g/mol. The maximum Gasteiger partial charge on any atom is 0.0672 e. The van der Waals surface area contributed by atoms with Crippen molar-refractivity contribution >= 4 is 0 Å². The van der Waals surface area contributed by atoms with Crippen molar-refractivity contribution in [2.75, 3.05) is 6.54 Å². The van der Waals surface area contributed by atoms with Crippen molar-refractivity contribution in [3.63, 3.8) is 0 Å². The monoisotopic (exact) mass is 152 g/mol. The maximum absolute atomic E-state index is 8.75. The molecule has 2 atom stereocenters. The van der Waals surface area contributed by atoms with E-state index in [1.807, 2.05) is 0 Å². The van der Waals surface area contributed by atoms with Gasteiger partial charge in [-0.3, -0.25) is 0 Å². The molecule has 62 valence electrons. The highest BCUT2D eigenvalue weighted by Crippen LogP contribution is 2.24. The summed E-state index contributed by atoms with van der Waals surface area (Å²) < 4.78 is 0. The Bertz CT molecular complexity index is 148. The molecule has 0 aliphatic heterocycles. The number of rotatable bonds is 3. The molecule has 1 aliphatic carbocycles. The summed E-state index contributed by atoms with van der Waals surface area (Å²) in [7, 11) is 0. The molecule has 1 N–H and O–H groups in total. The van der Waals surface area contributed by atoms with E-state index in [-0.39, 0.29) is 5.92 Å². The van der Waals surface area contributed by atoms with Crippen LogP contribution in [0.25, 0.3) is 0 Å². The topological polar surface area (TPSA) is 35.8 Å². The average Bonchev–Trinajstić information content (AvgIpc) is 2.47. The zero-order valence-electron chi connectivity index (χ0n) is 7.14.